The lowest BCUT2D eigenvalue weighted by Gasteiger charge is -2.34. The number of morpholine rings is 1. The first-order valence-electron chi connectivity index (χ1n) is 10.5. The number of fused-ring (bicyclic) bond motifs is 2. The highest BCUT2D eigenvalue weighted by Crippen LogP contribution is 2.31. The van der Waals surface area contributed by atoms with Crippen molar-refractivity contribution in [2.24, 2.45) is 0 Å². The van der Waals surface area contributed by atoms with Gasteiger partial charge in [0.1, 0.15) is 17.7 Å². The van der Waals surface area contributed by atoms with Crippen LogP contribution >= 0.6 is 0 Å². The van der Waals surface area contributed by atoms with E-state index in [2.05, 4.69) is 15.3 Å². The molecular formula is C22H22N6O4. The molecule has 2 aromatic rings. The van der Waals surface area contributed by atoms with Gasteiger partial charge >= 0.3 is 0 Å². The van der Waals surface area contributed by atoms with E-state index in [1.165, 1.54) is 11.1 Å². The highest BCUT2D eigenvalue weighted by Gasteiger charge is 2.46. The van der Waals surface area contributed by atoms with Crippen LogP contribution in [-0.2, 0) is 9.53 Å². The number of hydrogen-bond donors (Lipinski definition) is 2. The van der Waals surface area contributed by atoms with E-state index in [0.717, 1.165) is 12.8 Å². The summed E-state index contributed by atoms with van der Waals surface area (Å²) < 4.78 is 5.55. The zero-order valence-electron chi connectivity index (χ0n) is 17.3. The zero-order valence-corrected chi connectivity index (χ0v) is 17.3. The topological polar surface area (TPSA) is 132 Å². The third kappa shape index (κ3) is 3.45. The smallest absolute Gasteiger partial charge is 0.273 e. The van der Waals surface area contributed by atoms with Gasteiger partial charge in [-0.3, -0.25) is 9.59 Å². The van der Waals surface area contributed by atoms with Gasteiger partial charge in [0.25, 0.3) is 11.8 Å². The first kappa shape index (κ1) is 20.4. The summed E-state index contributed by atoms with van der Waals surface area (Å²) in [5.41, 5.74) is -0.941. The number of amides is 2. The van der Waals surface area contributed by atoms with E-state index in [0.29, 0.717) is 36.1 Å². The lowest BCUT2D eigenvalue weighted by atomic mass is 10.1. The standard InChI is InChI=1S/C22H22N6O4/c23-13-22(31)6-8-27(21(22)30)15-5-7-24-19(9-15)26-18-4-1-14(10-25-18)20(29)28-16-2-3-17(28)12-32-11-16/h1,4-5,7,9-10,16-17,31H,2-3,6,8,11-12H2,(H,24,25,26)/t16?,17?,22-/m0/s1. The summed E-state index contributed by atoms with van der Waals surface area (Å²) in [6, 6.07) is 8.67. The molecule has 2 unspecified atom stereocenters. The average molecular weight is 434 g/mol. The Bertz CT molecular complexity index is 1080. The van der Waals surface area contributed by atoms with E-state index in [-0.39, 0.29) is 31.0 Å². The Morgan fingerprint density at radius 1 is 1.22 bits per heavy atom. The van der Waals surface area contributed by atoms with Gasteiger partial charge in [0.15, 0.2) is 0 Å². The van der Waals surface area contributed by atoms with Crippen molar-refractivity contribution in [1.82, 2.24) is 14.9 Å². The maximum Gasteiger partial charge on any atom is 0.273 e. The molecule has 3 atom stereocenters. The van der Waals surface area contributed by atoms with E-state index < -0.39 is 11.5 Å². The molecular weight excluding hydrogens is 412 g/mol. The Balaban J connectivity index is 1.28. The van der Waals surface area contributed by atoms with E-state index in [1.54, 1.807) is 36.5 Å². The molecule has 5 rings (SSSR count). The van der Waals surface area contributed by atoms with Crippen molar-refractivity contribution in [2.45, 2.75) is 36.9 Å². The molecule has 2 bridgehead atoms. The minimum Gasteiger partial charge on any atom is -0.377 e. The number of anilines is 3. The van der Waals surface area contributed by atoms with Gasteiger partial charge in [0.05, 0.1) is 30.9 Å². The summed E-state index contributed by atoms with van der Waals surface area (Å²) in [6.07, 6.45) is 5.06. The van der Waals surface area contributed by atoms with Crippen LogP contribution in [0.1, 0.15) is 29.6 Å². The van der Waals surface area contributed by atoms with Crippen LogP contribution in [0.4, 0.5) is 17.3 Å². The van der Waals surface area contributed by atoms with Crippen molar-refractivity contribution >= 4 is 29.1 Å². The molecule has 2 N–H and O–H groups in total. The molecule has 10 nitrogen and oxygen atoms in total. The third-order valence-electron chi connectivity index (χ3n) is 6.28. The van der Waals surface area contributed by atoms with Crippen molar-refractivity contribution in [3.05, 3.63) is 42.2 Å². The molecule has 10 heteroatoms. The van der Waals surface area contributed by atoms with Gasteiger partial charge in [-0.05, 0) is 31.0 Å². The molecule has 0 radical (unpaired) electrons. The molecule has 2 aromatic heterocycles. The Morgan fingerprint density at radius 3 is 2.66 bits per heavy atom. The molecule has 2 amide bonds. The molecule has 0 saturated carbocycles. The summed E-state index contributed by atoms with van der Waals surface area (Å²) in [7, 11) is 0. The van der Waals surface area contributed by atoms with Crippen molar-refractivity contribution in [2.75, 3.05) is 30.0 Å². The molecule has 0 aliphatic carbocycles. The highest BCUT2D eigenvalue weighted by atomic mass is 16.5. The van der Waals surface area contributed by atoms with Gasteiger partial charge < -0.3 is 25.0 Å². The first-order valence-corrected chi connectivity index (χ1v) is 10.5. The number of aromatic nitrogens is 2. The van der Waals surface area contributed by atoms with Crippen molar-refractivity contribution in [3.8, 4) is 6.07 Å². The number of ether oxygens (including phenoxy) is 1. The number of nitrogens with one attached hydrogen (secondary N) is 1. The molecule has 3 fully saturated rings. The molecule has 0 spiro atoms. The second kappa shape index (κ2) is 7.85. The minimum absolute atomic E-state index is 0.0301. The van der Waals surface area contributed by atoms with E-state index in [4.69, 9.17) is 10.00 Å². The first-order chi connectivity index (χ1) is 15.5. The summed E-state index contributed by atoms with van der Waals surface area (Å²) in [5, 5.41) is 22.2. The number of carbonyl (C=O) groups is 2. The molecule has 164 valence electrons. The summed E-state index contributed by atoms with van der Waals surface area (Å²) in [5.74, 6) is 0.269. The third-order valence-corrected chi connectivity index (χ3v) is 6.28. The van der Waals surface area contributed by atoms with E-state index in [9.17, 15) is 14.7 Å². The molecule has 0 aromatic carbocycles. The zero-order chi connectivity index (χ0) is 22.3. The predicted molar refractivity (Wildman–Crippen MR) is 113 cm³/mol. The fourth-order valence-corrected chi connectivity index (χ4v) is 4.55. The van der Waals surface area contributed by atoms with Gasteiger partial charge in [-0.15, -0.1) is 0 Å². The maximum atomic E-state index is 12.9. The van der Waals surface area contributed by atoms with Crippen LogP contribution in [0.2, 0.25) is 0 Å². The maximum absolute atomic E-state index is 12.9. The van der Waals surface area contributed by atoms with Crippen LogP contribution in [0.3, 0.4) is 0 Å². The Hall–Kier alpha value is -3.55. The summed E-state index contributed by atoms with van der Waals surface area (Å²) >= 11 is 0. The fraction of sp³-hybridized carbons (Fsp3) is 0.409. The second-order valence-electron chi connectivity index (χ2n) is 8.27. The quantitative estimate of drug-likeness (QED) is 0.687. The molecule has 3 aliphatic heterocycles. The molecule has 32 heavy (non-hydrogen) atoms. The average Bonchev–Trinajstić information content (AvgIpc) is 3.25. The predicted octanol–water partition coefficient (Wildman–Crippen LogP) is 1.21. The van der Waals surface area contributed by atoms with Gasteiger partial charge in [-0.1, -0.05) is 0 Å². The molecule has 3 aliphatic rings. The number of carbonyl (C=O) groups excluding carboxylic acids is 2. The van der Waals surface area contributed by atoms with Crippen LogP contribution < -0.4 is 10.2 Å². The summed E-state index contributed by atoms with van der Waals surface area (Å²) in [6.45, 7) is 1.41. The lowest BCUT2D eigenvalue weighted by molar-refractivity contribution is -0.128. The number of aliphatic hydroxyl groups is 1. The Morgan fingerprint density at radius 2 is 2.00 bits per heavy atom. The van der Waals surface area contributed by atoms with Gasteiger partial charge in [-0.2, -0.15) is 5.26 Å². The van der Waals surface area contributed by atoms with Crippen LogP contribution in [0.25, 0.3) is 0 Å². The normalized spacial score (nSPS) is 26.8. The fourth-order valence-electron chi connectivity index (χ4n) is 4.55. The van der Waals surface area contributed by atoms with Crippen LogP contribution in [0.5, 0.6) is 0 Å². The summed E-state index contributed by atoms with van der Waals surface area (Å²) in [4.78, 5) is 37.2. The Kier molecular flexibility index (Phi) is 5.00. The van der Waals surface area contributed by atoms with Crippen molar-refractivity contribution < 1.29 is 19.4 Å². The Labute approximate surface area is 184 Å². The SMILES string of the molecule is N#C[C@@]1(O)CCN(c2ccnc(Nc3ccc(C(=O)N4C5CCC4COC5)cn3)c2)C1=O. The van der Waals surface area contributed by atoms with Crippen molar-refractivity contribution in [1.29, 1.82) is 5.26 Å². The molecule has 3 saturated heterocycles. The number of pyridine rings is 2. The van der Waals surface area contributed by atoms with Gasteiger partial charge in [-0.25, -0.2) is 9.97 Å². The lowest BCUT2D eigenvalue weighted by Crippen LogP contribution is -2.49. The van der Waals surface area contributed by atoms with Crippen LogP contribution in [0, 0.1) is 11.3 Å². The van der Waals surface area contributed by atoms with Crippen LogP contribution in [0.15, 0.2) is 36.7 Å². The number of nitrogens with zero attached hydrogens (tertiary/aromatic N) is 5. The van der Waals surface area contributed by atoms with E-state index in [1.807, 2.05) is 4.90 Å². The number of rotatable bonds is 4. The monoisotopic (exact) mass is 434 g/mol. The largest absolute Gasteiger partial charge is 0.377 e. The van der Waals surface area contributed by atoms with Gasteiger partial charge in [0.2, 0.25) is 5.60 Å². The second-order valence-corrected chi connectivity index (χ2v) is 8.27. The van der Waals surface area contributed by atoms with Crippen LogP contribution in [-0.4, -0.2) is 69.2 Å². The number of nitriles is 1. The van der Waals surface area contributed by atoms with E-state index >= 15 is 0 Å². The minimum atomic E-state index is -1.99. The highest BCUT2D eigenvalue weighted by molar-refractivity contribution is 6.03. The van der Waals surface area contributed by atoms with Crippen molar-refractivity contribution in [3.63, 3.8) is 0 Å². The van der Waals surface area contributed by atoms with Gasteiger partial charge in [0, 0.05) is 37.1 Å². The number of hydrogen-bond acceptors (Lipinski definition) is 8. The molecule has 5 heterocycles.